The van der Waals surface area contributed by atoms with Crippen molar-refractivity contribution < 1.29 is 14.6 Å². The first-order valence-electron chi connectivity index (χ1n) is 10.5. The molecule has 0 spiro atoms. The summed E-state index contributed by atoms with van der Waals surface area (Å²) in [4.78, 5) is 15.4. The molecular formula is C23H38ClNO3. The van der Waals surface area contributed by atoms with Gasteiger partial charge in [-0.15, -0.1) is 12.4 Å². The minimum absolute atomic E-state index is 0. The van der Waals surface area contributed by atoms with Crippen LogP contribution in [0.25, 0.3) is 0 Å². The van der Waals surface area contributed by atoms with Crippen molar-refractivity contribution in [3.05, 3.63) is 34.4 Å². The summed E-state index contributed by atoms with van der Waals surface area (Å²) in [6.07, 6.45) is 5.03. The Balaban J connectivity index is 0.00000392. The second-order valence-electron chi connectivity index (χ2n) is 8.00. The van der Waals surface area contributed by atoms with Crippen LogP contribution in [0.15, 0.2) is 12.1 Å². The van der Waals surface area contributed by atoms with Crippen LogP contribution in [0.3, 0.4) is 0 Å². The van der Waals surface area contributed by atoms with E-state index in [2.05, 4.69) is 25.7 Å². The predicted molar refractivity (Wildman–Crippen MR) is 117 cm³/mol. The van der Waals surface area contributed by atoms with Crippen molar-refractivity contribution >= 4 is 18.4 Å². The van der Waals surface area contributed by atoms with Crippen LogP contribution >= 0.6 is 12.4 Å². The molecule has 0 aliphatic heterocycles. The van der Waals surface area contributed by atoms with Gasteiger partial charge in [-0.2, -0.15) is 0 Å². The molecule has 1 aromatic rings. The first-order valence-corrected chi connectivity index (χ1v) is 10.5. The van der Waals surface area contributed by atoms with E-state index in [1.807, 2.05) is 26.0 Å². The quantitative estimate of drug-likeness (QED) is 0.630. The molecule has 1 fully saturated rings. The Bertz CT molecular complexity index is 616. The van der Waals surface area contributed by atoms with Crippen LogP contribution in [0.4, 0.5) is 0 Å². The smallest absolute Gasteiger partial charge is 0.343 e. The maximum absolute atomic E-state index is 13.1. The van der Waals surface area contributed by atoms with E-state index in [4.69, 9.17) is 4.74 Å². The Morgan fingerprint density at radius 1 is 1.11 bits per heavy atom. The van der Waals surface area contributed by atoms with Gasteiger partial charge in [0.2, 0.25) is 0 Å². The second-order valence-corrected chi connectivity index (χ2v) is 8.00. The molecule has 1 N–H and O–H groups in total. The fourth-order valence-corrected chi connectivity index (χ4v) is 4.21. The number of ether oxygens (including phenoxy) is 1. The summed E-state index contributed by atoms with van der Waals surface area (Å²) < 4.78 is 5.63. The number of hydrogen-bond acceptors (Lipinski definition) is 4. The maximum Gasteiger partial charge on any atom is 0.343 e. The van der Waals surface area contributed by atoms with E-state index in [1.54, 1.807) is 0 Å². The van der Waals surface area contributed by atoms with E-state index in [0.29, 0.717) is 18.7 Å². The van der Waals surface area contributed by atoms with Crippen molar-refractivity contribution in [3.63, 3.8) is 0 Å². The van der Waals surface area contributed by atoms with E-state index in [9.17, 15) is 9.90 Å². The van der Waals surface area contributed by atoms with Crippen LogP contribution in [0.2, 0.25) is 0 Å². The van der Waals surface area contributed by atoms with Crippen molar-refractivity contribution in [2.24, 2.45) is 5.92 Å². The number of hydrogen-bond donors (Lipinski definition) is 1. The molecule has 4 nitrogen and oxygen atoms in total. The van der Waals surface area contributed by atoms with Gasteiger partial charge in [-0.05, 0) is 69.0 Å². The molecule has 0 saturated heterocycles. The Kier molecular flexibility index (Phi) is 9.96. The molecule has 0 radical (unpaired) electrons. The van der Waals surface area contributed by atoms with Crippen LogP contribution in [0.1, 0.15) is 68.2 Å². The van der Waals surface area contributed by atoms with Gasteiger partial charge in [-0.25, -0.2) is 4.79 Å². The molecule has 1 aromatic carbocycles. The number of nitrogens with zero attached hydrogens (tertiary/aromatic N) is 1. The summed E-state index contributed by atoms with van der Waals surface area (Å²) >= 11 is 0. The lowest BCUT2D eigenvalue weighted by Crippen LogP contribution is -2.46. The lowest BCUT2D eigenvalue weighted by atomic mass is 9.72. The highest BCUT2D eigenvalue weighted by Crippen LogP contribution is 2.41. The molecular weight excluding hydrogens is 374 g/mol. The Labute approximate surface area is 177 Å². The van der Waals surface area contributed by atoms with Crippen LogP contribution in [-0.4, -0.2) is 42.2 Å². The van der Waals surface area contributed by atoms with Gasteiger partial charge < -0.3 is 14.7 Å². The van der Waals surface area contributed by atoms with Gasteiger partial charge in [-0.3, -0.25) is 0 Å². The Hall–Kier alpha value is -1.10. The van der Waals surface area contributed by atoms with Crippen molar-refractivity contribution in [2.45, 2.75) is 72.3 Å². The number of rotatable bonds is 8. The normalized spacial score (nSPS) is 17.1. The third-order valence-corrected chi connectivity index (χ3v) is 6.41. The third kappa shape index (κ3) is 5.49. The minimum atomic E-state index is -1.55. The molecule has 0 aromatic heterocycles. The van der Waals surface area contributed by atoms with E-state index < -0.39 is 11.6 Å². The van der Waals surface area contributed by atoms with E-state index in [1.165, 1.54) is 12.0 Å². The van der Waals surface area contributed by atoms with Crippen molar-refractivity contribution in [2.75, 3.05) is 26.2 Å². The zero-order valence-corrected chi connectivity index (χ0v) is 19.0. The van der Waals surface area contributed by atoms with E-state index >= 15 is 0 Å². The second kappa shape index (κ2) is 11.2. The highest BCUT2D eigenvalue weighted by molar-refractivity contribution is 5.85. The lowest BCUT2D eigenvalue weighted by molar-refractivity contribution is -0.176. The molecule has 0 amide bonds. The van der Waals surface area contributed by atoms with Gasteiger partial charge in [0.1, 0.15) is 6.61 Å². The highest BCUT2D eigenvalue weighted by atomic mass is 35.5. The molecule has 1 aliphatic carbocycles. The zero-order valence-electron chi connectivity index (χ0n) is 18.2. The van der Waals surface area contributed by atoms with Gasteiger partial charge >= 0.3 is 5.97 Å². The number of likely N-dealkylation sites (N-methyl/N-ethyl adjacent to an activating group) is 1. The fourth-order valence-electron chi connectivity index (χ4n) is 4.21. The molecule has 1 saturated carbocycles. The van der Waals surface area contributed by atoms with Gasteiger partial charge in [0, 0.05) is 12.5 Å². The monoisotopic (exact) mass is 411 g/mol. The number of carbonyl (C=O) groups is 1. The van der Waals surface area contributed by atoms with Crippen LogP contribution in [0, 0.1) is 26.7 Å². The molecule has 1 unspecified atom stereocenters. The van der Waals surface area contributed by atoms with E-state index in [0.717, 1.165) is 49.9 Å². The number of benzene rings is 1. The minimum Gasteiger partial charge on any atom is -0.462 e. The summed E-state index contributed by atoms with van der Waals surface area (Å²) in [6.45, 7) is 13.2. The van der Waals surface area contributed by atoms with Gasteiger partial charge in [0.15, 0.2) is 5.60 Å². The largest absolute Gasteiger partial charge is 0.462 e. The van der Waals surface area contributed by atoms with Crippen LogP contribution in [0.5, 0.6) is 0 Å². The predicted octanol–water partition coefficient (Wildman–Crippen LogP) is 4.69. The van der Waals surface area contributed by atoms with Gasteiger partial charge in [0.05, 0.1) is 0 Å². The summed E-state index contributed by atoms with van der Waals surface area (Å²) in [5.41, 5.74) is 2.57. The molecule has 1 aliphatic rings. The lowest BCUT2D eigenvalue weighted by Gasteiger charge is -2.37. The number of halogens is 1. The Morgan fingerprint density at radius 2 is 1.64 bits per heavy atom. The molecule has 0 heterocycles. The molecule has 0 bridgehead atoms. The number of carbonyl (C=O) groups excluding carboxylic acids is 1. The standard InChI is InChI=1S/C23H37NO3.ClH/c1-6-24(7-2)13-14-27-22(25)23(26,20-11-9-8-10-12-20)21-15-17(3)19(5)18(4)16-21;/h15-16,20,26H,6-14H2,1-5H3;1H. The van der Waals surface area contributed by atoms with E-state index in [-0.39, 0.29) is 18.3 Å². The summed E-state index contributed by atoms with van der Waals surface area (Å²) in [6, 6.07) is 3.95. The average molecular weight is 412 g/mol. The van der Waals surface area contributed by atoms with Crippen molar-refractivity contribution in [3.8, 4) is 0 Å². The van der Waals surface area contributed by atoms with Crippen LogP contribution in [-0.2, 0) is 15.1 Å². The van der Waals surface area contributed by atoms with Crippen molar-refractivity contribution in [1.82, 2.24) is 4.90 Å². The number of esters is 1. The molecule has 2 rings (SSSR count). The molecule has 160 valence electrons. The Morgan fingerprint density at radius 3 is 2.14 bits per heavy atom. The molecule has 5 heteroatoms. The number of aliphatic hydroxyl groups is 1. The molecule has 1 atom stereocenters. The third-order valence-electron chi connectivity index (χ3n) is 6.41. The first kappa shape index (κ1) is 24.9. The first-order chi connectivity index (χ1) is 12.8. The highest BCUT2D eigenvalue weighted by Gasteiger charge is 2.47. The summed E-state index contributed by atoms with van der Waals surface area (Å²) in [5.74, 6) is -0.557. The van der Waals surface area contributed by atoms with Crippen LogP contribution < -0.4 is 0 Å². The summed E-state index contributed by atoms with van der Waals surface area (Å²) in [5, 5.41) is 11.7. The van der Waals surface area contributed by atoms with Gasteiger partial charge in [0.25, 0.3) is 0 Å². The fraction of sp³-hybridized carbons (Fsp3) is 0.696. The average Bonchev–Trinajstić information content (AvgIpc) is 2.68. The van der Waals surface area contributed by atoms with Crippen molar-refractivity contribution in [1.29, 1.82) is 0 Å². The zero-order chi connectivity index (χ0) is 20.0. The molecule has 28 heavy (non-hydrogen) atoms. The summed E-state index contributed by atoms with van der Waals surface area (Å²) in [7, 11) is 0. The SMILES string of the molecule is CCN(CC)CCOC(=O)C(O)(c1cc(C)c(C)c(C)c1)C1CCCCC1.Cl. The number of aryl methyl sites for hydroxylation is 2. The maximum atomic E-state index is 13.1. The van der Waals surface area contributed by atoms with Gasteiger partial charge in [-0.1, -0.05) is 45.2 Å². The topological polar surface area (TPSA) is 49.8 Å².